The minimum atomic E-state index is -7.22. The average molecular weight is 1350 g/mol. The van der Waals surface area contributed by atoms with Gasteiger partial charge in [0.15, 0.2) is 69.8 Å². The van der Waals surface area contributed by atoms with Crippen LogP contribution in [0.4, 0.5) is 87.8 Å². The molecular formula is C68H30BF20MnN4-. The maximum Gasteiger partial charge on any atom is 0.200 e. The van der Waals surface area contributed by atoms with E-state index in [0.717, 1.165) is 89.4 Å². The molecule has 2 aliphatic heterocycles. The number of fused-ring (bicyclic) bond motifs is 8. The van der Waals surface area contributed by atoms with Gasteiger partial charge in [0.2, 0.25) is 0 Å². The van der Waals surface area contributed by atoms with Crippen molar-refractivity contribution in [2.24, 2.45) is 0 Å². The van der Waals surface area contributed by atoms with Gasteiger partial charge in [-0.25, -0.2) is 97.8 Å². The summed E-state index contributed by atoms with van der Waals surface area (Å²) in [6.07, 6.45) is 1.33. The van der Waals surface area contributed by atoms with E-state index in [9.17, 15) is 52.7 Å². The quantitative estimate of drug-likeness (QED) is 0.0689. The Morgan fingerprint density at radius 2 is 0.372 bits per heavy atom. The van der Waals surface area contributed by atoms with Crippen molar-refractivity contribution in [3.63, 3.8) is 0 Å². The van der Waals surface area contributed by atoms with Gasteiger partial charge in [-0.05, 0) is 70.8 Å². The number of rotatable bonds is 8. The SMILES string of the molecule is C1=Cc2nc1c(-c1ccccc1)c1ccc([nH]1)c(-c1ccccc1)c1nc(c(-c3ccccc3)c3ccc([nH]3)c2-c2ccccc2)C=C1.Fc1c(F)c(F)c([B-](c2c(F)c(F)c(F)c(F)c2F)(c2c(F)c(F)c(F)c(F)c2F)c2c(F)c(F)c(F)c(F)c2F)c(F)c1F.[Mn]. The van der Waals surface area contributed by atoms with Gasteiger partial charge in [-0.15, -0.1) is 21.9 Å². The fourth-order valence-electron chi connectivity index (χ4n) is 11.7. The average Bonchev–Trinajstić information content (AvgIpc) is 0.861. The molecule has 3 aromatic heterocycles. The summed E-state index contributed by atoms with van der Waals surface area (Å²) in [5, 5.41) is 0. The Balaban J connectivity index is 0.000000190. The van der Waals surface area contributed by atoms with E-state index in [1.165, 1.54) is 0 Å². The third-order valence-corrected chi connectivity index (χ3v) is 15.7. The molecule has 0 fully saturated rings. The minimum absolute atomic E-state index is 0. The van der Waals surface area contributed by atoms with Crippen LogP contribution in [0.1, 0.15) is 22.8 Å². The molecule has 26 heteroatoms. The van der Waals surface area contributed by atoms with E-state index in [4.69, 9.17) is 9.97 Å². The summed E-state index contributed by atoms with van der Waals surface area (Å²) in [6, 6.07) is 50.7. The number of halogens is 20. The van der Waals surface area contributed by atoms with Gasteiger partial charge in [0.1, 0.15) is 52.7 Å². The molecule has 8 bridgehead atoms. The molecule has 11 aromatic rings. The normalized spacial score (nSPS) is 11.9. The van der Waals surface area contributed by atoms with Crippen LogP contribution in [0, 0.1) is 116 Å². The van der Waals surface area contributed by atoms with Crippen molar-refractivity contribution in [2.75, 3.05) is 0 Å². The van der Waals surface area contributed by atoms with E-state index in [0.29, 0.717) is 0 Å². The van der Waals surface area contributed by atoms with Crippen molar-refractivity contribution in [2.45, 2.75) is 0 Å². The predicted octanol–water partition coefficient (Wildman–Crippen LogP) is 17.2. The van der Waals surface area contributed by atoms with Gasteiger partial charge in [-0.1, -0.05) is 121 Å². The van der Waals surface area contributed by atoms with E-state index in [1.807, 2.05) is 24.3 Å². The molecule has 2 aliphatic rings. The molecule has 0 saturated heterocycles. The molecule has 4 nitrogen and oxygen atoms in total. The second-order valence-electron chi connectivity index (χ2n) is 20.8. The second-order valence-corrected chi connectivity index (χ2v) is 20.8. The molecule has 8 aromatic carbocycles. The Morgan fingerprint density at radius 1 is 0.213 bits per heavy atom. The molecule has 0 spiro atoms. The summed E-state index contributed by atoms with van der Waals surface area (Å²) in [5.74, 6) is -71.4. The van der Waals surface area contributed by atoms with Crippen LogP contribution in [0.15, 0.2) is 146 Å². The maximum absolute atomic E-state index is 15.4. The zero-order valence-corrected chi connectivity index (χ0v) is 47.8. The summed E-state index contributed by atoms with van der Waals surface area (Å²) < 4.78 is 294. The fraction of sp³-hybridized carbons (Fsp3) is 0. The molecule has 0 amide bonds. The molecule has 13 rings (SSSR count). The number of H-pyrrole nitrogens is 2. The number of hydrogen-bond acceptors (Lipinski definition) is 2. The van der Waals surface area contributed by atoms with Crippen LogP contribution in [0.2, 0.25) is 0 Å². The van der Waals surface area contributed by atoms with E-state index in [1.54, 1.807) is 0 Å². The summed E-state index contributed by atoms with van der Waals surface area (Å²) >= 11 is 0. The standard InChI is InChI=1S/C44H30N4.C24BF20.Mn/c1-5-13-29(14-6-1)41-33-21-23-35(45-33)42(30-15-7-2-8-16-30)37-25-27-39(47-37)44(32-19-11-4-12-20-32)40-28-26-38(48-40)43(31-17-9-3-10-18-31)36-24-22-34(41)46-36;26-5-1(6(27)14(35)21(42)13(5)34)25(2-7(28)15(36)22(43)16(37)8(2)29,3-9(30)17(38)23(44)18(39)10(3)31)4-11(32)19(40)24(45)20(41)12(4)33;/h1-28,45,48H;;/q;-1;. The Bertz CT molecular complexity index is 4420. The van der Waals surface area contributed by atoms with Crippen molar-refractivity contribution >= 4 is 74.4 Å². The molecular weight excluding hydrogens is 1320 g/mol. The Morgan fingerprint density at radius 3 is 0.543 bits per heavy atom. The number of aromatic nitrogens is 4. The zero-order chi connectivity index (χ0) is 66.2. The third-order valence-electron chi connectivity index (χ3n) is 15.7. The molecule has 0 aliphatic carbocycles. The van der Waals surface area contributed by atoms with Gasteiger partial charge < -0.3 is 9.97 Å². The number of benzene rings is 8. The van der Waals surface area contributed by atoms with Crippen LogP contribution >= 0.6 is 0 Å². The maximum atomic E-state index is 15.4. The largest absolute Gasteiger partial charge is 0.354 e. The van der Waals surface area contributed by atoms with Crippen LogP contribution in [0.25, 0.3) is 90.9 Å². The molecule has 5 heterocycles. The molecule has 2 N–H and O–H groups in total. The van der Waals surface area contributed by atoms with Crippen LogP contribution in [-0.2, 0) is 17.1 Å². The second kappa shape index (κ2) is 25.2. The first-order chi connectivity index (χ1) is 44.5. The molecule has 0 unspecified atom stereocenters. The smallest absolute Gasteiger partial charge is 0.200 e. The molecule has 0 saturated carbocycles. The summed E-state index contributed by atoms with van der Waals surface area (Å²) in [4.78, 5) is 18.3. The van der Waals surface area contributed by atoms with Gasteiger partial charge in [-0.2, -0.15) is 0 Å². The van der Waals surface area contributed by atoms with E-state index in [-0.39, 0.29) is 17.1 Å². The van der Waals surface area contributed by atoms with Crippen LogP contribution < -0.4 is 21.9 Å². The zero-order valence-electron chi connectivity index (χ0n) is 46.6. The minimum Gasteiger partial charge on any atom is -0.354 e. The Labute approximate surface area is 526 Å². The van der Waals surface area contributed by atoms with E-state index < -0.39 is 144 Å². The fourth-order valence-corrected chi connectivity index (χ4v) is 11.7. The number of nitrogens with one attached hydrogen (secondary N) is 2. The summed E-state index contributed by atoms with van der Waals surface area (Å²) in [5.41, 5.74) is 1.83. The van der Waals surface area contributed by atoms with Crippen LogP contribution in [-0.4, -0.2) is 26.1 Å². The van der Waals surface area contributed by atoms with Crippen molar-refractivity contribution < 1.29 is 105 Å². The number of aromatic amines is 2. The number of nitrogens with zero attached hydrogens (tertiary/aromatic N) is 2. The van der Waals surface area contributed by atoms with Gasteiger partial charge in [0, 0.05) is 61.4 Å². The first kappa shape index (κ1) is 65.1. The molecule has 94 heavy (non-hydrogen) atoms. The van der Waals surface area contributed by atoms with Gasteiger partial charge in [-0.3, -0.25) is 0 Å². The molecule has 0 atom stereocenters. The summed E-state index contributed by atoms with van der Waals surface area (Å²) in [6.45, 7) is 0. The summed E-state index contributed by atoms with van der Waals surface area (Å²) in [7, 11) is 0. The van der Waals surface area contributed by atoms with E-state index >= 15 is 35.1 Å². The van der Waals surface area contributed by atoms with Crippen LogP contribution in [0.5, 0.6) is 0 Å². The predicted molar refractivity (Wildman–Crippen MR) is 310 cm³/mol. The first-order valence-corrected chi connectivity index (χ1v) is 27.1. The van der Waals surface area contributed by atoms with E-state index in [2.05, 4.69) is 156 Å². The third kappa shape index (κ3) is 10.4. The first-order valence-electron chi connectivity index (χ1n) is 27.1. The number of hydrogen-bond donors (Lipinski definition) is 2. The topological polar surface area (TPSA) is 57.4 Å². The van der Waals surface area contributed by atoms with Crippen molar-refractivity contribution in [1.29, 1.82) is 0 Å². The Hall–Kier alpha value is -10.5. The van der Waals surface area contributed by atoms with Crippen molar-refractivity contribution in [1.82, 2.24) is 19.9 Å². The molecule has 473 valence electrons. The monoisotopic (exact) mass is 1350 g/mol. The van der Waals surface area contributed by atoms with Crippen molar-refractivity contribution in [3.8, 4) is 44.5 Å². The van der Waals surface area contributed by atoms with Gasteiger partial charge in [0.05, 0.1) is 22.8 Å². The molecule has 1 radical (unpaired) electrons. The van der Waals surface area contributed by atoms with Gasteiger partial charge >= 0.3 is 0 Å². The Kier molecular flexibility index (Phi) is 17.4. The van der Waals surface area contributed by atoms with Crippen molar-refractivity contribution in [3.05, 3.63) is 285 Å². The van der Waals surface area contributed by atoms with Gasteiger partial charge in [0.25, 0.3) is 0 Å². The van der Waals surface area contributed by atoms with Crippen LogP contribution in [0.3, 0.4) is 0 Å².